The molecular weight excluding hydrogens is 248 g/mol. The standard InChI is InChI=1S/C12H10N4O3/c17-16(18)9-3-1-2-8-10(9)19-12(4-5-12)6-15-7-13-14-11(8)15/h1-3,7H,4-6H2. The third-order valence-electron chi connectivity index (χ3n) is 3.63. The van der Waals surface area contributed by atoms with Crippen molar-refractivity contribution >= 4 is 5.69 Å². The van der Waals surface area contributed by atoms with E-state index in [2.05, 4.69) is 10.2 Å². The highest BCUT2D eigenvalue weighted by Crippen LogP contribution is 2.49. The third-order valence-corrected chi connectivity index (χ3v) is 3.63. The third kappa shape index (κ3) is 1.44. The molecule has 0 unspecified atom stereocenters. The minimum absolute atomic E-state index is 0.0137. The highest BCUT2D eigenvalue weighted by Gasteiger charge is 2.49. The van der Waals surface area contributed by atoms with Crippen LogP contribution in [0.25, 0.3) is 11.4 Å². The fourth-order valence-corrected chi connectivity index (χ4v) is 2.49. The number of rotatable bonds is 1. The molecule has 0 radical (unpaired) electrons. The Hall–Kier alpha value is -2.44. The van der Waals surface area contributed by atoms with Crippen LogP contribution in [0, 0.1) is 10.1 Å². The highest BCUT2D eigenvalue weighted by atomic mass is 16.6. The van der Waals surface area contributed by atoms with Crippen molar-refractivity contribution in [2.24, 2.45) is 0 Å². The summed E-state index contributed by atoms with van der Waals surface area (Å²) < 4.78 is 7.86. The second-order valence-electron chi connectivity index (χ2n) is 4.98. The summed E-state index contributed by atoms with van der Waals surface area (Å²) in [6, 6.07) is 4.88. The maximum absolute atomic E-state index is 11.1. The molecule has 1 aliphatic heterocycles. The number of hydrogen-bond acceptors (Lipinski definition) is 5. The molecule has 1 spiro atoms. The van der Waals surface area contributed by atoms with Gasteiger partial charge in [-0.05, 0) is 18.9 Å². The zero-order valence-corrected chi connectivity index (χ0v) is 9.94. The molecule has 1 fully saturated rings. The van der Waals surface area contributed by atoms with Crippen molar-refractivity contribution in [1.82, 2.24) is 14.8 Å². The normalized spacial score (nSPS) is 18.1. The Morgan fingerprint density at radius 1 is 1.42 bits per heavy atom. The van der Waals surface area contributed by atoms with E-state index in [9.17, 15) is 10.1 Å². The lowest BCUT2D eigenvalue weighted by Gasteiger charge is -2.15. The van der Waals surface area contributed by atoms with Crippen molar-refractivity contribution in [2.45, 2.75) is 25.0 Å². The summed E-state index contributed by atoms with van der Waals surface area (Å²) in [6.45, 7) is 0.640. The second-order valence-corrected chi connectivity index (χ2v) is 4.98. The van der Waals surface area contributed by atoms with Crippen molar-refractivity contribution < 1.29 is 9.66 Å². The largest absolute Gasteiger partial charge is 0.478 e. The van der Waals surface area contributed by atoms with Crippen molar-refractivity contribution in [3.63, 3.8) is 0 Å². The minimum atomic E-state index is -0.416. The van der Waals surface area contributed by atoms with Gasteiger partial charge in [-0.2, -0.15) is 0 Å². The first kappa shape index (κ1) is 10.5. The molecule has 1 aliphatic carbocycles. The molecule has 1 aromatic carbocycles. The topological polar surface area (TPSA) is 83.1 Å². The Morgan fingerprint density at radius 2 is 2.26 bits per heavy atom. The fourth-order valence-electron chi connectivity index (χ4n) is 2.49. The highest BCUT2D eigenvalue weighted by molar-refractivity contribution is 5.72. The monoisotopic (exact) mass is 258 g/mol. The van der Waals surface area contributed by atoms with E-state index in [1.807, 2.05) is 4.57 Å². The van der Waals surface area contributed by atoms with Crippen LogP contribution < -0.4 is 4.74 Å². The molecule has 7 nitrogen and oxygen atoms in total. The Kier molecular flexibility index (Phi) is 1.83. The molecule has 1 saturated carbocycles. The fraction of sp³-hybridized carbons (Fsp3) is 0.333. The quantitative estimate of drug-likeness (QED) is 0.575. The van der Waals surface area contributed by atoms with Gasteiger partial charge in [0.1, 0.15) is 11.9 Å². The summed E-state index contributed by atoms with van der Waals surface area (Å²) in [4.78, 5) is 10.7. The Morgan fingerprint density at radius 3 is 3.00 bits per heavy atom. The minimum Gasteiger partial charge on any atom is -0.478 e. The van der Waals surface area contributed by atoms with Gasteiger partial charge in [0.2, 0.25) is 5.75 Å². The van der Waals surface area contributed by atoms with Crippen LogP contribution in [0.3, 0.4) is 0 Å². The van der Waals surface area contributed by atoms with E-state index in [-0.39, 0.29) is 11.3 Å². The summed E-state index contributed by atoms with van der Waals surface area (Å²) >= 11 is 0. The van der Waals surface area contributed by atoms with Crippen LogP contribution in [0.5, 0.6) is 5.75 Å². The van der Waals surface area contributed by atoms with Gasteiger partial charge < -0.3 is 9.30 Å². The molecule has 0 amide bonds. The van der Waals surface area contributed by atoms with Gasteiger partial charge in [0, 0.05) is 6.07 Å². The van der Waals surface area contributed by atoms with Crippen LogP contribution in [0.2, 0.25) is 0 Å². The van der Waals surface area contributed by atoms with Gasteiger partial charge in [-0.15, -0.1) is 10.2 Å². The van der Waals surface area contributed by atoms with Crippen LogP contribution in [0.1, 0.15) is 12.8 Å². The molecule has 96 valence electrons. The lowest BCUT2D eigenvalue weighted by Crippen LogP contribution is -2.23. The molecule has 0 atom stereocenters. The Bertz CT molecular complexity index is 690. The molecule has 0 N–H and O–H groups in total. The van der Waals surface area contributed by atoms with Crippen molar-refractivity contribution in [2.75, 3.05) is 0 Å². The number of para-hydroxylation sites is 1. The number of fused-ring (bicyclic) bond motifs is 3. The molecule has 0 bridgehead atoms. The second kappa shape index (κ2) is 3.31. The smallest absolute Gasteiger partial charge is 0.311 e. The summed E-state index contributed by atoms with van der Waals surface area (Å²) in [5, 5.41) is 19.1. The predicted molar refractivity (Wildman–Crippen MR) is 64.7 cm³/mol. The SMILES string of the molecule is O=[N+]([O-])c1cccc2c1OC1(CC1)Cn1cnnc1-2. The van der Waals surface area contributed by atoms with Gasteiger partial charge in [-0.25, -0.2) is 0 Å². The average molecular weight is 258 g/mol. The maximum atomic E-state index is 11.1. The molecule has 7 heteroatoms. The van der Waals surface area contributed by atoms with Gasteiger partial charge in [0.05, 0.1) is 17.0 Å². The van der Waals surface area contributed by atoms with Crippen molar-refractivity contribution in [3.05, 3.63) is 34.6 Å². The van der Waals surface area contributed by atoms with E-state index in [0.29, 0.717) is 23.7 Å². The van der Waals surface area contributed by atoms with Gasteiger partial charge in [-0.1, -0.05) is 6.07 Å². The van der Waals surface area contributed by atoms with E-state index < -0.39 is 4.92 Å². The number of nitro benzene ring substituents is 1. The number of nitro groups is 1. The van der Waals surface area contributed by atoms with Crippen LogP contribution in [-0.4, -0.2) is 25.3 Å². The first-order valence-corrected chi connectivity index (χ1v) is 6.03. The molecule has 2 aromatic rings. The lowest BCUT2D eigenvalue weighted by atomic mass is 10.1. The van der Waals surface area contributed by atoms with Crippen LogP contribution in [0.15, 0.2) is 24.5 Å². The van der Waals surface area contributed by atoms with Gasteiger partial charge in [0.15, 0.2) is 5.82 Å². The summed E-state index contributed by atoms with van der Waals surface area (Å²) in [7, 11) is 0. The lowest BCUT2D eigenvalue weighted by molar-refractivity contribution is -0.386. The van der Waals surface area contributed by atoms with Crippen LogP contribution in [0.4, 0.5) is 5.69 Å². The van der Waals surface area contributed by atoms with E-state index in [0.717, 1.165) is 12.8 Å². The molecule has 4 rings (SSSR count). The average Bonchev–Trinajstić information content (AvgIpc) is 3.01. The van der Waals surface area contributed by atoms with Gasteiger partial charge in [0.25, 0.3) is 0 Å². The molecular formula is C12H10N4O3. The summed E-state index contributed by atoms with van der Waals surface area (Å²) in [5.41, 5.74) is 0.296. The molecule has 2 heterocycles. The van der Waals surface area contributed by atoms with E-state index in [4.69, 9.17) is 4.74 Å². The number of ether oxygens (including phenoxy) is 1. The number of hydrogen-bond donors (Lipinski definition) is 0. The van der Waals surface area contributed by atoms with Gasteiger partial charge >= 0.3 is 5.69 Å². The first-order valence-electron chi connectivity index (χ1n) is 6.03. The molecule has 19 heavy (non-hydrogen) atoms. The molecule has 1 aromatic heterocycles. The zero-order valence-electron chi connectivity index (χ0n) is 9.94. The predicted octanol–water partition coefficient (Wildman–Crippen LogP) is 1.78. The van der Waals surface area contributed by atoms with Crippen LogP contribution >= 0.6 is 0 Å². The summed E-state index contributed by atoms with van der Waals surface area (Å²) in [5.74, 6) is 0.944. The van der Waals surface area contributed by atoms with E-state index in [1.165, 1.54) is 6.07 Å². The van der Waals surface area contributed by atoms with E-state index in [1.54, 1.807) is 18.5 Å². The van der Waals surface area contributed by atoms with E-state index >= 15 is 0 Å². The molecule has 2 aliphatic rings. The maximum Gasteiger partial charge on any atom is 0.311 e. The number of aromatic nitrogens is 3. The number of nitrogens with zero attached hydrogens (tertiary/aromatic N) is 4. The van der Waals surface area contributed by atoms with Gasteiger partial charge in [-0.3, -0.25) is 10.1 Å². The van der Waals surface area contributed by atoms with Crippen LogP contribution in [-0.2, 0) is 6.54 Å². The van der Waals surface area contributed by atoms with Crippen molar-refractivity contribution in [1.29, 1.82) is 0 Å². The molecule has 0 saturated heterocycles. The Labute approximate surface area is 108 Å². The Balaban J connectivity index is 2.01. The number of benzene rings is 1. The zero-order chi connectivity index (χ0) is 13.0. The summed E-state index contributed by atoms with van der Waals surface area (Å²) in [6.07, 6.45) is 3.44. The first-order chi connectivity index (χ1) is 9.19. The van der Waals surface area contributed by atoms with Crippen molar-refractivity contribution in [3.8, 4) is 17.1 Å².